The fraction of sp³-hybridized carbons (Fsp3) is 0.238. The van der Waals surface area contributed by atoms with Gasteiger partial charge in [-0.3, -0.25) is 0 Å². The summed E-state index contributed by atoms with van der Waals surface area (Å²) in [5.41, 5.74) is 3.37. The number of rotatable bonds is 4. The molecule has 1 saturated heterocycles. The second-order valence-corrected chi connectivity index (χ2v) is 7.07. The normalized spacial score (nSPS) is 14.3. The summed E-state index contributed by atoms with van der Waals surface area (Å²) in [6.45, 7) is 5.76. The molecule has 0 saturated carbocycles. The third-order valence-electron chi connectivity index (χ3n) is 4.81. The van der Waals surface area contributed by atoms with Crippen molar-refractivity contribution < 1.29 is 0 Å². The van der Waals surface area contributed by atoms with Crippen LogP contribution in [-0.4, -0.2) is 36.1 Å². The Morgan fingerprint density at radius 2 is 1.70 bits per heavy atom. The van der Waals surface area contributed by atoms with Gasteiger partial charge in [0.05, 0.1) is 0 Å². The molecule has 1 aliphatic heterocycles. The molecule has 0 amide bonds. The number of halogens is 1. The van der Waals surface area contributed by atoms with Crippen molar-refractivity contribution in [3.63, 3.8) is 0 Å². The zero-order chi connectivity index (χ0) is 18.6. The van der Waals surface area contributed by atoms with Crippen LogP contribution in [0.5, 0.6) is 0 Å². The monoisotopic (exact) mass is 379 g/mol. The Morgan fingerprint density at radius 3 is 2.48 bits per heavy atom. The Balaban J connectivity index is 1.43. The molecule has 0 bridgehead atoms. The average molecular weight is 380 g/mol. The quantitative estimate of drug-likeness (QED) is 0.722. The Hall–Kier alpha value is -2.79. The van der Waals surface area contributed by atoms with Crippen molar-refractivity contribution in [2.45, 2.75) is 6.92 Å². The summed E-state index contributed by atoms with van der Waals surface area (Å²) >= 11 is 6.12. The van der Waals surface area contributed by atoms with Gasteiger partial charge in [-0.25, -0.2) is 4.98 Å². The van der Waals surface area contributed by atoms with E-state index in [4.69, 9.17) is 16.6 Å². The zero-order valence-electron chi connectivity index (χ0n) is 15.3. The largest absolute Gasteiger partial charge is 0.368 e. The number of hydrogen-bond acceptors (Lipinski definition) is 5. The number of aryl methyl sites for hydroxylation is 1. The summed E-state index contributed by atoms with van der Waals surface area (Å²) in [7, 11) is 0. The summed E-state index contributed by atoms with van der Waals surface area (Å²) in [5.74, 6) is 1.57. The van der Waals surface area contributed by atoms with E-state index in [0.717, 1.165) is 42.7 Å². The molecule has 2 heterocycles. The molecule has 2 aromatic carbocycles. The van der Waals surface area contributed by atoms with Gasteiger partial charge in [0.1, 0.15) is 5.82 Å². The molecule has 1 aromatic heterocycles. The Bertz CT molecular complexity index is 922. The van der Waals surface area contributed by atoms with Crippen LogP contribution in [0.25, 0.3) is 0 Å². The maximum atomic E-state index is 6.12. The fourth-order valence-electron chi connectivity index (χ4n) is 3.29. The molecule has 1 aliphatic rings. The van der Waals surface area contributed by atoms with Gasteiger partial charge in [-0.1, -0.05) is 35.9 Å². The molecule has 6 heteroatoms. The fourth-order valence-corrected chi connectivity index (χ4v) is 3.47. The van der Waals surface area contributed by atoms with Crippen molar-refractivity contribution in [2.75, 3.05) is 41.3 Å². The summed E-state index contributed by atoms with van der Waals surface area (Å²) in [4.78, 5) is 13.7. The third kappa shape index (κ3) is 4.14. The highest BCUT2D eigenvalue weighted by Gasteiger charge is 2.19. The molecule has 3 aromatic rings. The number of para-hydroxylation sites is 1. The maximum absolute atomic E-state index is 6.12. The lowest BCUT2D eigenvalue weighted by Crippen LogP contribution is -2.46. The van der Waals surface area contributed by atoms with Gasteiger partial charge < -0.3 is 15.1 Å². The Kier molecular flexibility index (Phi) is 5.12. The standard InChI is InChI=1S/C21H22ClN5/c1-16-5-2-3-8-19(16)24-21-23-10-9-20(25-21)27-13-11-26(12-14-27)18-7-4-6-17(22)15-18/h2-10,15H,11-14H2,1H3,(H,23,24,25). The molecule has 0 unspecified atom stereocenters. The smallest absolute Gasteiger partial charge is 0.229 e. The van der Waals surface area contributed by atoms with E-state index >= 15 is 0 Å². The van der Waals surface area contributed by atoms with Crippen LogP contribution in [0.2, 0.25) is 5.02 Å². The van der Waals surface area contributed by atoms with Crippen LogP contribution in [0.15, 0.2) is 60.8 Å². The molecule has 0 aliphatic carbocycles. The SMILES string of the molecule is Cc1ccccc1Nc1nccc(N2CCN(c3cccc(Cl)c3)CC2)n1. The van der Waals surface area contributed by atoms with Gasteiger partial charge in [-0.2, -0.15) is 4.98 Å². The van der Waals surface area contributed by atoms with E-state index in [1.54, 1.807) is 0 Å². The predicted molar refractivity (Wildman–Crippen MR) is 112 cm³/mol. The van der Waals surface area contributed by atoms with Gasteiger partial charge in [-0.05, 0) is 42.8 Å². The predicted octanol–water partition coefficient (Wildman–Crippen LogP) is 4.51. The number of piperazine rings is 1. The number of benzene rings is 2. The van der Waals surface area contributed by atoms with E-state index in [1.165, 1.54) is 11.3 Å². The van der Waals surface area contributed by atoms with Crippen molar-refractivity contribution in [3.05, 3.63) is 71.4 Å². The van der Waals surface area contributed by atoms with E-state index in [0.29, 0.717) is 5.95 Å². The van der Waals surface area contributed by atoms with E-state index in [9.17, 15) is 0 Å². The second-order valence-electron chi connectivity index (χ2n) is 6.63. The second kappa shape index (κ2) is 7.84. The molecular formula is C21H22ClN5. The number of nitrogens with zero attached hydrogens (tertiary/aromatic N) is 4. The maximum Gasteiger partial charge on any atom is 0.229 e. The van der Waals surface area contributed by atoms with Crippen LogP contribution in [0.1, 0.15) is 5.56 Å². The number of nitrogens with one attached hydrogen (secondary N) is 1. The zero-order valence-corrected chi connectivity index (χ0v) is 16.0. The minimum Gasteiger partial charge on any atom is -0.368 e. The van der Waals surface area contributed by atoms with Crippen LogP contribution in [0, 0.1) is 6.92 Å². The third-order valence-corrected chi connectivity index (χ3v) is 5.04. The lowest BCUT2D eigenvalue weighted by Gasteiger charge is -2.36. The van der Waals surface area contributed by atoms with Crippen molar-refractivity contribution in [3.8, 4) is 0 Å². The van der Waals surface area contributed by atoms with Crippen molar-refractivity contribution in [1.82, 2.24) is 9.97 Å². The van der Waals surface area contributed by atoms with Crippen molar-refractivity contribution >= 4 is 34.7 Å². The first-order valence-electron chi connectivity index (χ1n) is 9.10. The van der Waals surface area contributed by atoms with E-state index < -0.39 is 0 Å². The highest BCUT2D eigenvalue weighted by Crippen LogP contribution is 2.23. The number of hydrogen-bond donors (Lipinski definition) is 1. The molecule has 27 heavy (non-hydrogen) atoms. The van der Waals surface area contributed by atoms with Gasteiger partial charge in [0.15, 0.2) is 0 Å². The van der Waals surface area contributed by atoms with Gasteiger partial charge in [0.25, 0.3) is 0 Å². The van der Waals surface area contributed by atoms with Gasteiger partial charge in [-0.15, -0.1) is 0 Å². The molecule has 5 nitrogen and oxygen atoms in total. The van der Waals surface area contributed by atoms with Crippen LogP contribution >= 0.6 is 11.6 Å². The summed E-state index contributed by atoms with van der Waals surface area (Å²) in [5, 5.41) is 4.09. The first kappa shape index (κ1) is 17.6. The van der Waals surface area contributed by atoms with E-state index in [2.05, 4.69) is 39.2 Å². The average Bonchev–Trinajstić information content (AvgIpc) is 2.70. The molecular weight excluding hydrogens is 358 g/mol. The number of aromatic nitrogens is 2. The summed E-state index contributed by atoms with van der Waals surface area (Å²) in [6.07, 6.45) is 1.81. The topological polar surface area (TPSA) is 44.3 Å². The van der Waals surface area contributed by atoms with Crippen molar-refractivity contribution in [1.29, 1.82) is 0 Å². The molecule has 0 atom stereocenters. The van der Waals surface area contributed by atoms with Gasteiger partial charge >= 0.3 is 0 Å². The van der Waals surface area contributed by atoms with Gasteiger partial charge in [0, 0.05) is 48.8 Å². The minimum absolute atomic E-state index is 0.624. The molecule has 0 spiro atoms. The van der Waals surface area contributed by atoms with Crippen molar-refractivity contribution in [2.24, 2.45) is 0 Å². The minimum atomic E-state index is 0.624. The highest BCUT2D eigenvalue weighted by atomic mass is 35.5. The number of anilines is 4. The van der Waals surface area contributed by atoms with Crippen LogP contribution < -0.4 is 15.1 Å². The Labute approximate surface area is 164 Å². The molecule has 4 rings (SSSR count). The molecule has 1 fully saturated rings. The van der Waals surface area contributed by atoms with E-state index in [-0.39, 0.29) is 0 Å². The molecule has 138 valence electrons. The lowest BCUT2D eigenvalue weighted by molar-refractivity contribution is 0.647. The van der Waals surface area contributed by atoms with Crippen LogP contribution in [0.3, 0.4) is 0 Å². The van der Waals surface area contributed by atoms with Crippen LogP contribution in [-0.2, 0) is 0 Å². The van der Waals surface area contributed by atoms with E-state index in [1.807, 2.05) is 48.7 Å². The summed E-state index contributed by atoms with van der Waals surface area (Å²) < 4.78 is 0. The summed E-state index contributed by atoms with van der Waals surface area (Å²) in [6, 6.07) is 18.1. The lowest BCUT2D eigenvalue weighted by atomic mass is 10.2. The Morgan fingerprint density at radius 1 is 0.926 bits per heavy atom. The first-order chi connectivity index (χ1) is 13.2. The first-order valence-corrected chi connectivity index (χ1v) is 9.48. The van der Waals surface area contributed by atoms with Gasteiger partial charge in [0.2, 0.25) is 5.95 Å². The molecule has 0 radical (unpaired) electrons. The molecule has 1 N–H and O–H groups in total. The highest BCUT2D eigenvalue weighted by molar-refractivity contribution is 6.30. The van der Waals surface area contributed by atoms with Crippen LogP contribution in [0.4, 0.5) is 23.1 Å².